The van der Waals surface area contributed by atoms with E-state index in [4.69, 9.17) is 0 Å². The summed E-state index contributed by atoms with van der Waals surface area (Å²) in [6.07, 6.45) is 4.29. The van der Waals surface area contributed by atoms with Crippen LogP contribution in [0.15, 0.2) is 24.5 Å². The molecule has 5 nitrogen and oxygen atoms in total. The molecule has 2 N–H and O–H groups in total. The van der Waals surface area contributed by atoms with Gasteiger partial charge in [-0.05, 0) is 17.7 Å². The van der Waals surface area contributed by atoms with Gasteiger partial charge in [0.05, 0.1) is 0 Å². The third-order valence-electron chi connectivity index (χ3n) is 2.02. The number of aromatic nitrogens is 1. The van der Waals surface area contributed by atoms with Crippen molar-refractivity contribution < 1.29 is 9.59 Å². The van der Waals surface area contributed by atoms with Crippen molar-refractivity contribution in [3.8, 4) is 0 Å². The maximum atomic E-state index is 11.4. The molecule has 2 amide bonds. The average molecular weight is 207 g/mol. The fourth-order valence-corrected chi connectivity index (χ4v) is 1.24. The Hall–Kier alpha value is -1.91. The first-order valence-electron chi connectivity index (χ1n) is 4.58. The number of nitrogens with zero attached hydrogens (tertiary/aromatic N) is 1. The van der Waals surface area contributed by atoms with E-state index in [1.54, 1.807) is 12.4 Å². The molecule has 1 heterocycles. The van der Waals surface area contributed by atoms with Gasteiger partial charge in [-0.3, -0.25) is 14.6 Å². The molecule has 0 radical (unpaired) electrons. The molecule has 80 valence electrons. The van der Waals surface area contributed by atoms with Gasteiger partial charge in [-0.25, -0.2) is 0 Å². The lowest BCUT2D eigenvalue weighted by Crippen LogP contribution is -2.43. The molecule has 0 saturated carbocycles. The number of rotatable bonds is 5. The second-order valence-corrected chi connectivity index (χ2v) is 3.01. The van der Waals surface area contributed by atoms with Crippen LogP contribution in [0.3, 0.4) is 0 Å². The second kappa shape index (κ2) is 5.74. The van der Waals surface area contributed by atoms with E-state index in [0.29, 0.717) is 12.8 Å². The minimum Gasteiger partial charge on any atom is -0.357 e. The Morgan fingerprint density at radius 2 is 2.20 bits per heavy atom. The number of nitrogens with one attached hydrogen (secondary N) is 2. The highest BCUT2D eigenvalue weighted by Crippen LogP contribution is 2.01. The second-order valence-electron chi connectivity index (χ2n) is 3.01. The molecule has 1 unspecified atom stereocenters. The lowest BCUT2D eigenvalue weighted by Gasteiger charge is -2.13. The molecule has 1 aromatic rings. The van der Waals surface area contributed by atoms with Crippen LogP contribution in [0.5, 0.6) is 0 Å². The van der Waals surface area contributed by atoms with E-state index in [1.807, 2.05) is 12.1 Å². The van der Waals surface area contributed by atoms with Gasteiger partial charge in [0.25, 0.3) is 0 Å². The predicted octanol–water partition coefficient (Wildman–Crippen LogP) is -0.515. The van der Waals surface area contributed by atoms with Crippen molar-refractivity contribution >= 4 is 12.3 Å². The number of amides is 2. The van der Waals surface area contributed by atoms with E-state index < -0.39 is 6.04 Å². The SMILES string of the molecule is CNC(=O)C(Cc1ccncc1)NC=O. The van der Waals surface area contributed by atoms with Gasteiger partial charge in [0.15, 0.2) is 0 Å². The monoisotopic (exact) mass is 207 g/mol. The van der Waals surface area contributed by atoms with Gasteiger partial charge in [0.2, 0.25) is 12.3 Å². The fraction of sp³-hybridized carbons (Fsp3) is 0.300. The molecule has 5 heteroatoms. The Bertz CT molecular complexity index is 327. The molecule has 0 aliphatic rings. The van der Waals surface area contributed by atoms with Crippen molar-refractivity contribution in [3.63, 3.8) is 0 Å². The van der Waals surface area contributed by atoms with Gasteiger partial charge in [-0.2, -0.15) is 0 Å². The molecule has 15 heavy (non-hydrogen) atoms. The van der Waals surface area contributed by atoms with Crippen LogP contribution in [0.2, 0.25) is 0 Å². The minimum atomic E-state index is -0.533. The van der Waals surface area contributed by atoms with Crippen molar-refractivity contribution in [1.82, 2.24) is 15.6 Å². The van der Waals surface area contributed by atoms with E-state index in [1.165, 1.54) is 7.05 Å². The predicted molar refractivity (Wildman–Crippen MR) is 55.0 cm³/mol. The summed E-state index contributed by atoms with van der Waals surface area (Å²) >= 11 is 0. The Labute approximate surface area is 87.9 Å². The first kappa shape index (κ1) is 11.2. The summed E-state index contributed by atoms with van der Waals surface area (Å²) in [4.78, 5) is 25.6. The Balaban J connectivity index is 2.66. The van der Waals surface area contributed by atoms with Crippen LogP contribution in [0.25, 0.3) is 0 Å². The van der Waals surface area contributed by atoms with E-state index in [0.717, 1.165) is 5.56 Å². The summed E-state index contributed by atoms with van der Waals surface area (Å²) in [7, 11) is 1.54. The zero-order valence-corrected chi connectivity index (χ0v) is 8.43. The molecule has 0 aromatic carbocycles. The van der Waals surface area contributed by atoms with Crippen molar-refractivity contribution in [3.05, 3.63) is 30.1 Å². The Morgan fingerprint density at radius 1 is 1.53 bits per heavy atom. The zero-order valence-electron chi connectivity index (χ0n) is 8.43. The first-order valence-corrected chi connectivity index (χ1v) is 4.58. The van der Waals surface area contributed by atoms with Gasteiger partial charge >= 0.3 is 0 Å². The number of carbonyl (C=O) groups is 2. The highest BCUT2D eigenvalue weighted by molar-refractivity contribution is 5.83. The van der Waals surface area contributed by atoms with Crippen LogP contribution in [-0.2, 0) is 16.0 Å². The third-order valence-corrected chi connectivity index (χ3v) is 2.02. The standard InChI is InChI=1S/C10H13N3O2/c1-11-10(15)9(13-7-14)6-8-2-4-12-5-3-8/h2-5,7,9H,6H2,1H3,(H,11,15)(H,13,14). The third kappa shape index (κ3) is 3.38. The van der Waals surface area contributed by atoms with Crippen LogP contribution in [0.4, 0.5) is 0 Å². The van der Waals surface area contributed by atoms with Crippen LogP contribution in [0, 0.1) is 0 Å². The lowest BCUT2D eigenvalue weighted by atomic mass is 10.1. The van der Waals surface area contributed by atoms with Gasteiger partial charge in [0.1, 0.15) is 6.04 Å². The number of carbonyl (C=O) groups excluding carboxylic acids is 2. The van der Waals surface area contributed by atoms with Gasteiger partial charge < -0.3 is 10.6 Å². The van der Waals surface area contributed by atoms with E-state index in [-0.39, 0.29) is 5.91 Å². The summed E-state index contributed by atoms with van der Waals surface area (Å²) in [6.45, 7) is 0. The maximum Gasteiger partial charge on any atom is 0.242 e. The maximum absolute atomic E-state index is 11.4. The molecule has 0 bridgehead atoms. The number of likely N-dealkylation sites (N-methyl/N-ethyl adjacent to an activating group) is 1. The molecule has 0 spiro atoms. The fourth-order valence-electron chi connectivity index (χ4n) is 1.24. The lowest BCUT2D eigenvalue weighted by molar-refractivity contribution is -0.124. The highest BCUT2D eigenvalue weighted by atomic mass is 16.2. The molecular weight excluding hydrogens is 194 g/mol. The molecule has 1 aromatic heterocycles. The van der Waals surface area contributed by atoms with Gasteiger partial charge in [-0.15, -0.1) is 0 Å². The minimum absolute atomic E-state index is 0.209. The largest absolute Gasteiger partial charge is 0.357 e. The molecule has 0 fully saturated rings. The highest BCUT2D eigenvalue weighted by Gasteiger charge is 2.16. The van der Waals surface area contributed by atoms with Crippen LogP contribution >= 0.6 is 0 Å². The van der Waals surface area contributed by atoms with Crippen LogP contribution in [-0.4, -0.2) is 30.4 Å². The Morgan fingerprint density at radius 3 is 2.73 bits per heavy atom. The summed E-state index contributed by atoms with van der Waals surface area (Å²) < 4.78 is 0. The van der Waals surface area contributed by atoms with E-state index in [9.17, 15) is 9.59 Å². The Kier molecular flexibility index (Phi) is 4.28. The van der Waals surface area contributed by atoms with Crippen LogP contribution < -0.4 is 10.6 Å². The number of hydrogen-bond donors (Lipinski definition) is 2. The number of hydrogen-bond acceptors (Lipinski definition) is 3. The van der Waals surface area contributed by atoms with Gasteiger partial charge in [0, 0.05) is 25.9 Å². The summed E-state index contributed by atoms with van der Waals surface area (Å²) in [5.74, 6) is -0.209. The normalized spacial score (nSPS) is 11.5. The van der Waals surface area contributed by atoms with Crippen molar-refractivity contribution in [1.29, 1.82) is 0 Å². The van der Waals surface area contributed by atoms with E-state index >= 15 is 0 Å². The summed E-state index contributed by atoms with van der Waals surface area (Å²) in [5, 5.41) is 4.96. The molecule has 0 aliphatic heterocycles. The average Bonchev–Trinajstić information content (AvgIpc) is 2.29. The van der Waals surface area contributed by atoms with Gasteiger partial charge in [-0.1, -0.05) is 0 Å². The first-order chi connectivity index (χ1) is 7.27. The molecular formula is C10H13N3O2. The topological polar surface area (TPSA) is 71.1 Å². The van der Waals surface area contributed by atoms with Crippen molar-refractivity contribution in [2.75, 3.05) is 7.05 Å². The molecule has 0 aliphatic carbocycles. The molecule has 0 saturated heterocycles. The van der Waals surface area contributed by atoms with Crippen molar-refractivity contribution in [2.45, 2.75) is 12.5 Å². The van der Waals surface area contributed by atoms with Crippen LogP contribution in [0.1, 0.15) is 5.56 Å². The van der Waals surface area contributed by atoms with Crippen molar-refractivity contribution in [2.24, 2.45) is 0 Å². The molecule has 1 rings (SSSR count). The molecule has 1 atom stereocenters. The summed E-state index contributed by atoms with van der Waals surface area (Å²) in [6, 6.07) is 3.08. The smallest absolute Gasteiger partial charge is 0.242 e. The van der Waals surface area contributed by atoms with E-state index in [2.05, 4.69) is 15.6 Å². The summed E-state index contributed by atoms with van der Waals surface area (Å²) in [5.41, 5.74) is 0.952. The quantitative estimate of drug-likeness (QED) is 0.638. The number of pyridine rings is 1. The zero-order chi connectivity index (χ0) is 11.1.